The van der Waals surface area contributed by atoms with E-state index >= 15 is 0 Å². The van der Waals surface area contributed by atoms with Crippen LogP contribution in [0.5, 0.6) is 0 Å². The van der Waals surface area contributed by atoms with Crippen LogP contribution >= 0.6 is 0 Å². The number of nitrogens with two attached hydrogens (primary N) is 1. The molecule has 0 atom stereocenters. The normalized spacial score (nSPS) is 16.7. The molecule has 20 heteroatoms. The quantitative estimate of drug-likeness (QED) is 0.0522. The van der Waals surface area contributed by atoms with Crippen molar-refractivity contribution in [3.05, 3.63) is 102 Å². The number of benzene rings is 4. The molecular formula is C41H46N3O13S4+. The number of unbranched alkanes of at least 4 members (excludes halogenated alkanes) is 2. The Morgan fingerprint density at radius 1 is 0.738 bits per heavy atom. The molecule has 1 amide bonds. The number of carbonyl (C=O) groups is 1. The molecule has 0 fully saturated rings. The lowest BCUT2D eigenvalue weighted by atomic mass is 9.79. The zero-order valence-corrected chi connectivity index (χ0v) is 37.1. The lowest BCUT2D eigenvalue weighted by Crippen LogP contribution is -2.28. The minimum absolute atomic E-state index is 0.115. The Morgan fingerprint density at radius 2 is 1.36 bits per heavy atom. The van der Waals surface area contributed by atoms with Crippen molar-refractivity contribution in [2.75, 3.05) is 18.0 Å². The maximum absolute atomic E-state index is 12.4. The molecule has 2 heterocycles. The van der Waals surface area contributed by atoms with Crippen LogP contribution < -0.4 is 10.6 Å². The van der Waals surface area contributed by atoms with Gasteiger partial charge in [0, 0.05) is 59.3 Å². The van der Waals surface area contributed by atoms with Crippen molar-refractivity contribution in [1.82, 2.24) is 0 Å². The van der Waals surface area contributed by atoms with E-state index < -0.39 is 61.6 Å². The standard InChI is InChI=1S/C41H45N3O10S3.O3S/c1-6-43-32-21-19-29-31(24-28(56(49,50)51)25-34(29)57(52,53)54)39(32)40(2,3)35(43)13-9-7-10-14-36-41(4,5)38-30-23-27(55(46,47)48)18-16-26(30)17-20-33(38)44(36)22-12-8-11-15-37(42)45;1-4(2)3/h7,9-10,13-14,16-21,23-25H,6,8,11-12,15,22H2,1-5H3,(H4-,42,45,46,47,48,49,50,51,52,53,54);/p+1. The number of primary amides is 1. The first kappa shape index (κ1) is 47.0. The van der Waals surface area contributed by atoms with Gasteiger partial charge in [-0.15, -0.1) is 12.6 Å². The smallest absolute Gasteiger partial charge is 0.370 e. The molecule has 4 aromatic rings. The van der Waals surface area contributed by atoms with E-state index in [-0.39, 0.29) is 21.6 Å². The third-order valence-electron chi connectivity index (χ3n) is 10.9. The van der Waals surface area contributed by atoms with Crippen molar-refractivity contribution < 1.29 is 60.9 Å². The molecule has 61 heavy (non-hydrogen) atoms. The lowest BCUT2D eigenvalue weighted by molar-refractivity contribution is -0.438. The first-order chi connectivity index (χ1) is 28.2. The maximum Gasteiger partial charge on any atom is 0.425 e. The molecule has 0 radical (unpaired) electrons. The number of carbonyl (C=O) groups excluding carboxylic acids is 1. The number of hydrogen-bond acceptors (Lipinski definition) is 11. The molecule has 5 N–H and O–H groups in total. The van der Waals surface area contributed by atoms with Crippen molar-refractivity contribution in [3.8, 4) is 0 Å². The number of likely N-dealkylation sites (N-methyl/N-ethyl adjacent to an activating group) is 1. The van der Waals surface area contributed by atoms with Gasteiger partial charge in [-0.25, -0.2) is 0 Å². The van der Waals surface area contributed by atoms with Crippen molar-refractivity contribution in [3.63, 3.8) is 0 Å². The summed E-state index contributed by atoms with van der Waals surface area (Å²) in [5, 5.41) is 1.90. The van der Waals surface area contributed by atoms with Gasteiger partial charge in [0.25, 0.3) is 30.4 Å². The predicted octanol–water partition coefficient (Wildman–Crippen LogP) is 5.96. The minimum atomic E-state index is -4.87. The Hall–Kier alpha value is -5.09. The van der Waals surface area contributed by atoms with Gasteiger partial charge in [-0.05, 0) is 97.8 Å². The summed E-state index contributed by atoms with van der Waals surface area (Å²) in [7, 11) is -17.3. The number of nitrogens with zero attached hydrogens (tertiary/aromatic N) is 2. The highest BCUT2D eigenvalue weighted by atomic mass is 32.2. The number of rotatable bonds is 13. The van der Waals surface area contributed by atoms with E-state index in [4.69, 9.17) is 18.4 Å². The Kier molecular flexibility index (Phi) is 13.4. The van der Waals surface area contributed by atoms with Crippen LogP contribution in [0.1, 0.15) is 71.4 Å². The summed E-state index contributed by atoms with van der Waals surface area (Å²) in [6, 6.07) is 13.7. The summed E-state index contributed by atoms with van der Waals surface area (Å²) in [4.78, 5) is 11.9. The molecule has 0 spiro atoms. The van der Waals surface area contributed by atoms with Crippen LogP contribution in [0, 0.1) is 0 Å². The Labute approximate surface area is 356 Å². The van der Waals surface area contributed by atoms with Crippen molar-refractivity contribution in [2.24, 2.45) is 5.73 Å². The molecular weight excluding hydrogens is 871 g/mol. The van der Waals surface area contributed by atoms with E-state index in [1.54, 1.807) is 12.1 Å². The number of amides is 1. The average molecular weight is 917 g/mol. The van der Waals surface area contributed by atoms with E-state index in [2.05, 4.69) is 18.4 Å². The number of hydrogen-bond donors (Lipinski definition) is 4. The second-order valence-corrected chi connectivity index (χ2v) is 20.2. The molecule has 4 aromatic carbocycles. The molecule has 0 unspecified atom stereocenters. The van der Waals surface area contributed by atoms with Crippen molar-refractivity contribution in [2.45, 2.75) is 85.8 Å². The second-order valence-electron chi connectivity index (χ2n) is 15.6. The van der Waals surface area contributed by atoms with Gasteiger partial charge in [-0.1, -0.05) is 44.2 Å². The molecule has 0 aromatic heterocycles. The molecule has 0 aliphatic carbocycles. The van der Waals surface area contributed by atoms with Gasteiger partial charge in [0.2, 0.25) is 11.6 Å². The third-order valence-corrected chi connectivity index (χ3v) is 13.5. The van der Waals surface area contributed by atoms with Crippen LogP contribution in [-0.2, 0) is 56.6 Å². The van der Waals surface area contributed by atoms with Gasteiger partial charge >= 0.3 is 10.6 Å². The highest BCUT2D eigenvalue weighted by molar-refractivity contribution is 7.87. The average Bonchev–Trinajstić information content (AvgIpc) is 3.50. The highest BCUT2D eigenvalue weighted by Gasteiger charge is 2.46. The lowest BCUT2D eigenvalue weighted by Gasteiger charge is -2.26. The number of fused-ring (bicyclic) bond motifs is 6. The first-order valence-electron chi connectivity index (χ1n) is 18.9. The monoisotopic (exact) mass is 916 g/mol. The molecule has 0 saturated carbocycles. The highest BCUT2D eigenvalue weighted by Crippen LogP contribution is 2.52. The Bertz CT molecular complexity index is 3060. The van der Waals surface area contributed by atoms with Crippen LogP contribution in [0.25, 0.3) is 21.5 Å². The fourth-order valence-electron chi connectivity index (χ4n) is 8.41. The van der Waals surface area contributed by atoms with Crippen molar-refractivity contribution >= 4 is 85.5 Å². The summed E-state index contributed by atoms with van der Waals surface area (Å²) < 4.78 is 131. The Morgan fingerprint density at radius 3 is 1.95 bits per heavy atom. The number of allylic oxidation sites excluding steroid dienone is 6. The molecule has 0 bridgehead atoms. The van der Waals surface area contributed by atoms with E-state index in [0.29, 0.717) is 36.9 Å². The zero-order chi connectivity index (χ0) is 45.5. The number of anilines is 1. The SMILES string of the molecule is CCN1\C(=C/C=C/C=C/C2=[N+](CCCCCC(N)=O)c3ccc4ccc(S(=O)(=O)O)cc4c3C2(C)C)C(C)(C)c2c1ccc1c(S(=O)(=O)O)cc(S(=O)(=O)O)cc21.O=S(=O)=O. The predicted molar refractivity (Wildman–Crippen MR) is 230 cm³/mol. The van der Waals surface area contributed by atoms with E-state index in [1.807, 2.05) is 68.2 Å². The minimum Gasteiger partial charge on any atom is -0.370 e. The maximum atomic E-state index is 12.4. The zero-order valence-electron chi connectivity index (χ0n) is 33.9. The van der Waals surface area contributed by atoms with Gasteiger partial charge in [0.05, 0.1) is 15.2 Å². The van der Waals surface area contributed by atoms with E-state index in [9.17, 15) is 43.7 Å². The molecule has 6 rings (SSSR count). The van der Waals surface area contributed by atoms with Gasteiger partial charge in [-0.2, -0.15) is 29.8 Å². The summed E-state index contributed by atoms with van der Waals surface area (Å²) in [5.41, 5.74) is 8.93. The van der Waals surface area contributed by atoms with Crippen LogP contribution in [0.4, 0.5) is 11.4 Å². The van der Waals surface area contributed by atoms with Crippen LogP contribution in [0.2, 0.25) is 0 Å². The summed E-state index contributed by atoms with van der Waals surface area (Å²) >= 11 is 0. The van der Waals surface area contributed by atoms with Crippen LogP contribution in [0.15, 0.2) is 105 Å². The molecule has 0 saturated heterocycles. The molecule has 326 valence electrons. The largest absolute Gasteiger partial charge is 0.425 e. The summed E-state index contributed by atoms with van der Waals surface area (Å²) in [6.07, 6.45) is 12.1. The first-order valence-corrected chi connectivity index (χ1v) is 24.2. The summed E-state index contributed by atoms with van der Waals surface area (Å²) in [5.74, 6) is -0.349. The van der Waals surface area contributed by atoms with Gasteiger partial charge < -0.3 is 10.6 Å². The van der Waals surface area contributed by atoms with Crippen LogP contribution in [0.3, 0.4) is 0 Å². The summed E-state index contributed by atoms with van der Waals surface area (Å²) in [6.45, 7) is 11.1. The molecule has 2 aliphatic rings. The van der Waals surface area contributed by atoms with Gasteiger partial charge in [0.15, 0.2) is 5.71 Å². The van der Waals surface area contributed by atoms with Crippen LogP contribution in [-0.4, -0.2) is 80.8 Å². The van der Waals surface area contributed by atoms with Gasteiger partial charge in [-0.3, -0.25) is 18.5 Å². The fraction of sp³-hybridized carbons (Fsp3) is 0.317. The molecule has 2 aliphatic heterocycles. The van der Waals surface area contributed by atoms with Gasteiger partial charge in [0.1, 0.15) is 11.4 Å². The van der Waals surface area contributed by atoms with Crippen molar-refractivity contribution in [1.29, 1.82) is 0 Å². The molecule has 16 nitrogen and oxygen atoms in total. The van der Waals surface area contributed by atoms with E-state index in [1.165, 1.54) is 24.3 Å². The fourth-order valence-corrected chi connectivity index (χ4v) is 10.3. The second kappa shape index (κ2) is 17.3. The Balaban J connectivity index is 0.00000168. The third kappa shape index (κ3) is 9.70. The van der Waals surface area contributed by atoms with E-state index in [0.717, 1.165) is 52.6 Å². The topological polar surface area (TPSA) is 264 Å².